The van der Waals surface area contributed by atoms with E-state index < -0.39 is 0 Å². The zero-order chi connectivity index (χ0) is 17.9. The van der Waals surface area contributed by atoms with Crippen molar-refractivity contribution >= 4 is 11.7 Å². The molecule has 1 amide bonds. The van der Waals surface area contributed by atoms with Crippen molar-refractivity contribution in [1.29, 1.82) is 0 Å². The van der Waals surface area contributed by atoms with E-state index in [1.54, 1.807) is 19.0 Å². The van der Waals surface area contributed by atoms with E-state index in [2.05, 4.69) is 15.1 Å². The maximum atomic E-state index is 11.8. The Balaban J connectivity index is 1.70. The van der Waals surface area contributed by atoms with Crippen molar-refractivity contribution < 1.29 is 14.3 Å². The Morgan fingerprint density at radius 2 is 2.28 bits per heavy atom. The Morgan fingerprint density at radius 3 is 3.00 bits per heavy atom. The Labute approximate surface area is 149 Å². The van der Waals surface area contributed by atoms with Crippen molar-refractivity contribution in [3.63, 3.8) is 0 Å². The molecule has 0 aliphatic carbocycles. The number of carbonyl (C=O) groups is 1. The molecule has 7 nitrogen and oxygen atoms in total. The fourth-order valence-electron chi connectivity index (χ4n) is 3.73. The molecule has 3 rings (SSSR count). The number of amides is 1. The van der Waals surface area contributed by atoms with E-state index >= 15 is 0 Å². The van der Waals surface area contributed by atoms with Gasteiger partial charge in [-0.05, 0) is 38.3 Å². The number of piperidine rings is 1. The predicted molar refractivity (Wildman–Crippen MR) is 94.5 cm³/mol. The number of hydrogen-bond acceptors (Lipinski definition) is 6. The first-order valence-electron chi connectivity index (χ1n) is 8.95. The number of aromatic nitrogens is 2. The average Bonchev–Trinajstić information content (AvgIpc) is 2.61. The lowest BCUT2D eigenvalue weighted by Gasteiger charge is -2.50. The van der Waals surface area contributed by atoms with Gasteiger partial charge in [-0.25, -0.2) is 0 Å². The van der Waals surface area contributed by atoms with Gasteiger partial charge < -0.3 is 19.3 Å². The van der Waals surface area contributed by atoms with Gasteiger partial charge in [0.05, 0.1) is 18.4 Å². The highest BCUT2D eigenvalue weighted by atomic mass is 16.5. The van der Waals surface area contributed by atoms with Crippen LogP contribution in [0.1, 0.15) is 25.0 Å². The second-order valence-corrected chi connectivity index (χ2v) is 7.35. The van der Waals surface area contributed by atoms with Crippen LogP contribution in [-0.2, 0) is 14.3 Å². The number of ether oxygens (including phenoxy) is 2. The summed E-state index contributed by atoms with van der Waals surface area (Å²) in [7, 11) is 3.49. The highest BCUT2D eigenvalue weighted by Gasteiger charge is 2.46. The highest BCUT2D eigenvalue weighted by molar-refractivity contribution is 5.76. The number of aryl methyl sites for hydroxylation is 1. The third-order valence-electron chi connectivity index (χ3n) is 5.21. The van der Waals surface area contributed by atoms with Crippen LogP contribution >= 0.6 is 0 Å². The van der Waals surface area contributed by atoms with Crippen LogP contribution in [0.15, 0.2) is 12.1 Å². The van der Waals surface area contributed by atoms with Gasteiger partial charge in [0.25, 0.3) is 0 Å². The van der Waals surface area contributed by atoms with Crippen molar-refractivity contribution in [1.82, 2.24) is 15.1 Å². The molecule has 0 radical (unpaired) electrons. The quantitative estimate of drug-likeness (QED) is 0.798. The van der Waals surface area contributed by atoms with Crippen LogP contribution in [0.5, 0.6) is 0 Å². The molecule has 2 aliphatic heterocycles. The van der Waals surface area contributed by atoms with E-state index in [9.17, 15) is 4.79 Å². The smallest absolute Gasteiger partial charge is 0.248 e. The maximum absolute atomic E-state index is 11.8. The molecule has 7 heteroatoms. The molecule has 2 atom stereocenters. The van der Waals surface area contributed by atoms with Crippen molar-refractivity contribution in [2.24, 2.45) is 5.41 Å². The second kappa shape index (κ2) is 7.66. The molecule has 1 aromatic heterocycles. The SMILES string of the molecule is Cc1ccc(N2CC[C@H]3OCCC[C@]3(COCC(=O)N(C)C)C2)nn1. The summed E-state index contributed by atoms with van der Waals surface area (Å²) in [5.74, 6) is 0.889. The number of nitrogens with zero attached hydrogens (tertiary/aromatic N) is 4. The monoisotopic (exact) mass is 348 g/mol. The summed E-state index contributed by atoms with van der Waals surface area (Å²) in [4.78, 5) is 15.6. The van der Waals surface area contributed by atoms with E-state index in [1.807, 2.05) is 19.1 Å². The molecule has 0 aromatic carbocycles. The molecule has 2 fully saturated rings. The molecule has 25 heavy (non-hydrogen) atoms. The molecule has 138 valence electrons. The second-order valence-electron chi connectivity index (χ2n) is 7.35. The topological polar surface area (TPSA) is 67.8 Å². The Bertz CT molecular complexity index is 592. The van der Waals surface area contributed by atoms with E-state index in [-0.39, 0.29) is 24.0 Å². The molecule has 2 aliphatic rings. The summed E-state index contributed by atoms with van der Waals surface area (Å²) in [5.41, 5.74) is 0.829. The van der Waals surface area contributed by atoms with E-state index in [4.69, 9.17) is 9.47 Å². The summed E-state index contributed by atoms with van der Waals surface area (Å²) in [6, 6.07) is 4.02. The molecule has 0 bridgehead atoms. The lowest BCUT2D eigenvalue weighted by atomic mass is 9.73. The fourth-order valence-corrected chi connectivity index (χ4v) is 3.73. The van der Waals surface area contributed by atoms with E-state index in [0.717, 1.165) is 50.5 Å². The van der Waals surface area contributed by atoms with Crippen LogP contribution < -0.4 is 4.90 Å². The standard InChI is InChI=1S/C18H28N4O3/c1-14-5-6-16(20-19-14)22-9-7-15-18(12-22,8-4-10-25-15)13-24-11-17(23)21(2)3/h5-6,15H,4,7-13H2,1-3H3/t15-,18-/m1/s1. The molecular formula is C18H28N4O3. The summed E-state index contributed by atoms with van der Waals surface area (Å²) < 4.78 is 11.9. The minimum Gasteiger partial charge on any atom is -0.377 e. The van der Waals surface area contributed by atoms with Crippen LogP contribution in [-0.4, -0.2) is 74.1 Å². The normalized spacial score (nSPS) is 26.2. The number of likely N-dealkylation sites (N-methyl/N-ethyl adjacent to an activating group) is 1. The summed E-state index contributed by atoms with van der Waals surface area (Å²) in [6.45, 7) is 5.13. The van der Waals surface area contributed by atoms with Crippen molar-refractivity contribution in [3.05, 3.63) is 17.8 Å². The molecule has 1 aromatic rings. The van der Waals surface area contributed by atoms with Gasteiger partial charge in [-0.2, -0.15) is 5.10 Å². The molecular weight excluding hydrogens is 320 g/mol. The van der Waals surface area contributed by atoms with Gasteiger partial charge in [0.2, 0.25) is 5.91 Å². The third kappa shape index (κ3) is 4.10. The zero-order valence-corrected chi connectivity index (χ0v) is 15.4. The summed E-state index contributed by atoms with van der Waals surface area (Å²) in [5, 5.41) is 8.52. The minimum absolute atomic E-state index is 0.0123. The Hall–Kier alpha value is -1.73. The first kappa shape index (κ1) is 18.1. The number of carbonyl (C=O) groups excluding carboxylic acids is 1. The molecule has 3 heterocycles. The summed E-state index contributed by atoms with van der Waals surface area (Å²) >= 11 is 0. The van der Waals surface area contributed by atoms with Crippen LogP contribution in [0, 0.1) is 12.3 Å². The van der Waals surface area contributed by atoms with Crippen molar-refractivity contribution in [3.8, 4) is 0 Å². The van der Waals surface area contributed by atoms with Crippen molar-refractivity contribution in [2.75, 3.05) is 51.9 Å². The molecule has 0 unspecified atom stereocenters. The zero-order valence-electron chi connectivity index (χ0n) is 15.4. The molecule has 2 saturated heterocycles. The number of hydrogen-bond donors (Lipinski definition) is 0. The summed E-state index contributed by atoms with van der Waals surface area (Å²) in [6.07, 6.45) is 3.20. The number of fused-ring (bicyclic) bond motifs is 1. The van der Waals surface area contributed by atoms with E-state index in [0.29, 0.717) is 6.61 Å². The Kier molecular flexibility index (Phi) is 5.54. The van der Waals surface area contributed by atoms with E-state index in [1.165, 1.54) is 0 Å². The van der Waals surface area contributed by atoms with Crippen LogP contribution in [0.4, 0.5) is 5.82 Å². The van der Waals surface area contributed by atoms with Crippen LogP contribution in [0.25, 0.3) is 0 Å². The van der Waals surface area contributed by atoms with Crippen molar-refractivity contribution in [2.45, 2.75) is 32.3 Å². The van der Waals surface area contributed by atoms with Gasteiger partial charge in [0.15, 0.2) is 5.82 Å². The minimum atomic E-state index is -0.0876. The largest absolute Gasteiger partial charge is 0.377 e. The Morgan fingerprint density at radius 1 is 1.44 bits per heavy atom. The number of anilines is 1. The predicted octanol–water partition coefficient (Wildman–Crippen LogP) is 1.27. The van der Waals surface area contributed by atoms with Gasteiger partial charge in [0.1, 0.15) is 6.61 Å². The first-order chi connectivity index (χ1) is 12.0. The van der Waals surface area contributed by atoms with Gasteiger partial charge >= 0.3 is 0 Å². The fraction of sp³-hybridized carbons (Fsp3) is 0.722. The first-order valence-corrected chi connectivity index (χ1v) is 8.95. The van der Waals surface area contributed by atoms with Gasteiger partial charge in [0, 0.05) is 39.2 Å². The maximum Gasteiger partial charge on any atom is 0.248 e. The molecule has 0 saturated carbocycles. The lowest BCUT2D eigenvalue weighted by Crippen LogP contribution is -2.57. The molecule has 0 N–H and O–H groups in total. The van der Waals surface area contributed by atoms with Crippen LogP contribution in [0.2, 0.25) is 0 Å². The third-order valence-corrected chi connectivity index (χ3v) is 5.21. The van der Waals surface area contributed by atoms with Gasteiger partial charge in [-0.3, -0.25) is 4.79 Å². The molecule has 0 spiro atoms. The van der Waals surface area contributed by atoms with Gasteiger partial charge in [-0.15, -0.1) is 5.10 Å². The van der Waals surface area contributed by atoms with Crippen LogP contribution in [0.3, 0.4) is 0 Å². The lowest BCUT2D eigenvalue weighted by molar-refractivity contribution is -0.144. The highest BCUT2D eigenvalue weighted by Crippen LogP contribution is 2.41. The van der Waals surface area contributed by atoms with Gasteiger partial charge in [-0.1, -0.05) is 0 Å². The number of rotatable bonds is 5. The average molecular weight is 348 g/mol.